The van der Waals surface area contributed by atoms with E-state index in [0.29, 0.717) is 23.9 Å². The molecule has 0 amide bonds. The number of nitriles is 1. The minimum absolute atomic E-state index is 0.464. The summed E-state index contributed by atoms with van der Waals surface area (Å²) < 4.78 is 7.20. The van der Waals surface area contributed by atoms with Crippen LogP contribution in [-0.4, -0.2) is 28.0 Å². The van der Waals surface area contributed by atoms with Crippen molar-refractivity contribution in [3.8, 4) is 17.5 Å². The molecule has 1 aromatic carbocycles. The SMILES string of the molecule is Cn1nccc1-c1ncc(Sc2cccc(C3(C#N)CCOCC3)c2)cc1Cl. The van der Waals surface area contributed by atoms with Gasteiger partial charge in [-0.3, -0.25) is 9.67 Å². The summed E-state index contributed by atoms with van der Waals surface area (Å²) in [5.41, 5.74) is 2.17. The van der Waals surface area contributed by atoms with Crippen LogP contribution in [0.25, 0.3) is 11.4 Å². The zero-order valence-electron chi connectivity index (χ0n) is 15.4. The van der Waals surface area contributed by atoms with Gasteiger partial charge in [0.15, 0.2) is 0 Å². The highest BCUT2D eigenvalue weighted by molar-refractivity contribution is 7.99. The van der Waals surface area contributed by atoms with Gasteiger partial charge in [-0.2, -0.15) is 10.4 Å². The Hall–Kier alpha value is -2.33. The summed E-state index contributed by atoms with van der Waals surface area (Å²) in [6.07, 6.45) is 5.00. The zero-order chi connectivity index (χ0) is 19.6. The fraction of sp³-hybridized carbons (Fsp3) is 0.286. The average Bonchev–Trinajstić information content (AvgIpc) is 3.14. The first kappa shape index (κ1) is 19.0. The Morgan fingerprint density at radius 2 is 2.04 bits per heavy atom. The molecule has 0 unspecified atom stereocenters. The third-order valence-corrected chi connectivity index (χ3v) is 6.30. The van der Waals surface area contributed by atoms with Gasteiger partial charge in [-0.25, -0.2) is 0 Å². The van der Waals surface area contributed by atoms with Crippen molar-refractivity contribution < 1.29 is 4.74 Å². The van der Waals surface area contributed by atoms with Gasteiger partial charge in [0.05, 0.1) is 22.2 Å². The van der Waals surface area contributed by atoms with Crippen molar-refractivity contribution in [3.05, 3.63) is 59.4 Å². The number of benzene rings is 1. The van der Waals surface area contributed by atoms with Crippen LogP contribution in [0.4, 0.5) is 0 Å². The van der Waals surface area contributed by atoms with Gasteiger partial charge in [0.25, 0.3) is 0 Å². The number of rotatable bonds is 4. The van der Waals surface area contributed by atoms with Crippen LogP contribution in [0.15, 0.2) is 58.6 Å². The minimum atomic E-state index is -0.464. The molecule has 4 rings (SSSR count). The molecule has 3 heterocycles. The van der Waals surface area contributed by atoms with E-state index < -0.39 is 5.41 Å². The second kappa shape index (κ2) is 7.96. The lowest BCUT2D eigenvalue weighted by Crippen LogP contribution is -2.32. The fourth-order valence-corrected chi connectivity index (χ4v) is 4.66. The molecule has 1 fully saturated rings. The van der Waals surface area contributed by atoms with Crippen LogP contribution in [0.1, 0.15) is 18.4 Å². The molecule has 0 saturated carbocycles. The van der Waals surface area contributed by atoms with Gasteiger partial charge >= 0.3 is 0 Å². The number of hydrogen-bond donors (Lipinski definition) is 0. The van der Waals surface area contributed by atoms with Gasteiger partial charge in [0, 0.05) is 42.4 Å². The third kappa shape index (κ3) is 3.66. The predicted octanol–water partition coefficient (Wildman–Crippen LogP) is 4.86. The summed E-state index contributed by atoms with van der Waals surface area (Å²) in [5, 5.41) is 14.6. The largest absolute Gasteiger partial charge is 0.381 e. The number of nitrogens with zero attached hydrogens (tertiary/aromatic N) is 4. The van der Waals surface area contributed by atoms with Crippen LogP contribution in [0, 0.1) is 11.3 Å². The Morgan fingerprint density at radius 1 is 1.21 bits per heavy atom. The second-order valence-corrected chi connectivity index (χ2v) is 8.33. The molecule has 142 valence electrons. The first-order chi connectivity index (χ1) is 13.6. The highest BCUT2D eigenvalue weighted by Gasteiger charge is 2.34. The van der Waals surface area contributed by atoms with E-state index in [1.54, 1.807) is 22.6 Å². The molecule has 1 aliphatic heterocycles. The number of ether oxygens (including phenoxy) is 1. The fourth-order valence-electron chi connectivity index (χ4n) is 3.45. The molecule has 0 bridgehead atoms. The smallest absolute Gasteiger partial charge is 0.107 e. The average molecular weight is 411 g/mol. The van der Waals surface area contributed by atoms with Crippen molar-refractivity contribution in [2.24, 2.45) is 7.05 Å². The van der Waals surface area contributed by atoms with E-state index in [0.717, 1.165) is 33.9 Å². The summed E-state index contributed by atoms with van der Waals surface area (Å²) in [5.74, 6) is 0. The summed E-state index contributed by atoms with van der Waals surface area (Å²) in [6.45, 7) is 1.25. The second-order valence-electron chi connectivity index (χ2n) is 6.78. The highest BCUT2D eigenvalue weighted by Crippen LogP contribution is 2.38. The van der Waals surface area contributed by atoms with E-state index >= 15 is 0 Å². The van der Waals surface area contributed by atoms with Crippen molar-refractivity contribution in [2.45, 2.75) is 28.0 Å². The molecule has 0 spiro atoms. The number of pyridine rings is 1. The molecule has 1 saturated heterocycles. The van der Waals surface area contributed by atoms with Crippen LogP contribution in [0.2, 0.25) is 5.02 Å². The molecule has 28 heavy (non-hydrogen) atoms. The number of halogens is 1. The predicted molar refractivity (Wildman–Crippen MR) is 109 cm³/mol. The minimum Gasteiger partial charge on any atom is -0.381 e. The monoisotopic (exact) mass is 410 g/mol. The van der Waals surface area contributed by atoms with Crippen LogP contribution in [-0.2, 0) is 17.2 Å². The summed E-state index contributed by atoms with van der Waals surface area (Å²) in [7, 11) is 1.86. The first-order valence-corrected chi connectivity index (χ1v) is 10.2. The number of aryl methyl sites for hydroxylation is 1. The molecular formula is C21H19ClN4OS. The maximum atomic E-state index is 9.81. The number of hydrogen-bond acceptors (Lipinski definition) is 5. The molecule has 0 aliphatic carbocycles. The quantitative estimate of drug-likeness (QED) is 0.614. The lowest BCUT2D eigenvalue weighted by molar-refractivity contribution is 0.0675. The molecular weight excluding hydrogens is 392 g/mol. The zero-order valence-corrected chi connectivity index (χ0v) is 17.0. The van der Waals surface area contributed by atoms with Crippen molar-refractivity contribution in [2.75, 3.05) is 13.2 Å². The maximum absolute atomic E-state index is 9.81. The molecule has 2 aromatic heterocycles. The van der Waals surface area contributed by atoms with Gasteiger partial charge in [0.2, 0.25) is 0 Å². The van der Waals surface area contributed by atoms with Crippen LogP contribution in [0.3, 0.4) is 0 Å². The van der Waals surface area contributed by atoms with E-state index in [9.17, 15) is 5.26 Å². The van der Waals surface area contributed by atoms with E-state index in [-0.39, 0.29) is 0 Å². The van der Waals surface area contributed by atoms with E-state index in [1.807, 2.05) is 43.6 Å². The molecule has 5 nitrogen and oxygen atoms in total. The molecule has 0 N–H and O–H groups in total. The van der Waals surface area contributed by atoms with Gasteiger partial charge < -0.3 is 4.74 Å². The van der Waals surface area contributed by atoms with Gasteiger partial charge in [-0.05, 0) is 42.7 Å². The van der Waals surface area contributed by atoms with Crippen molar-refractivity contribution in [3.63, 3.8) is 0 Å². The van der Waals surface area contributed by atoms with Crippen molar-refractivity contribution in [1.29, 1.82) is 5.26 Å². The first-order valence-electron chi connectivity index (χ1n) is 9.03. The lowest BCUT2D eigenvalue weighted by atomic mass is 9.75. The topological polar surface area (TPSA) is 63.7 Å². The Morgan fingerprint density at radius 3 is 2.71 bits per heavy atom. The van der Waals surface area contributed by atoms with Gasteiger partial charge in [-0.1, -0.05) is 35.5 Å². The van der Waals surface area contributed by atoms with Crippen molar-refractivity contribution in [1.82, 2.24) is 14.8 Å². The van der Waals surface area contributed by atoms with Gasteiger partial charge in [-0.15, -0.1) is 0 Å². The van der Waals surface area contributed by atoms with Gasteiger partial charge in [0.1, 0.15) is 5.69 Å². The summed E-state index contributed by atoms with van der Waals surface area (Å²) >= 11 is 8.07. The standard InChI is InChI=1S/C21H19ClN4OS/c1-26-19(5-8-25-26)20-18(22)12-17(13-24-20)28-16-4-2-3-15(11-16)21(14-23)6-9-27-10-7-21/h2-5,8,11-13H,6-7,9-10H2,1H3. The molecule has 7 heteroatoms. The van der Waals surface area contributed by atoms with E-state index in [1.165, 1.54) is 0 Å². The molecule has 3 aromatic rings. The number of aromatic nitrogens is 3. The Kier molecular flexibility index (Phi) is 5.40. The lowest BCUT2D eigenvalue weighted by Gasteiger charge is -2.31. The molecule has 0 atom stereocenters. The van der Waals surface area contributed by atoms with Crippen LogP contribution >= 0.6 is 23.4 Å². The highest BCUT2D eigenvalue weighted by atomic mass is 35.5. The Balaban J connectivity index is 1.59. The third-order valence-electron chi connectivity index (χ3n) is 5.06. The molecule has 1 aliphatic rings. The Bertz CT molecular complexity index is 1040. The van der Waals surface area contributed by atoms with E-state index in [2.05, 4.69) is 22.2 Å². The Labute approximate surface area is 173 Å². The summed E-state index contributed by atoms with van der Waals surface area (Å²) in [6, 6.07) is 14.5. The van der Waals surface area contributed by atoms with E-state index in [4.69, 9.17) is 16.3 Å². The van der Waals surface area contributed by atoms with Crippen LogP contribution < -0.4 is 0 Å². The normalized spacial score (nSPS) is 15.9. The maximum Gasteiger partial charge on any atom is 0.107 e. The summed E-state index contributed by atoms with van der Waals surface area (Å²) in [4.78, 5) is 6.55. The van der Waals surface area contributed by atoms with Crippen LogP contribution in [0.5, 0.6) is 0 Å². The van der Waals surface area contributed by atoms with Crippen molar-refractivity contribution >= 4 is 23.4 Å². The molecule has 0 radical (unpaired) electrons.